The van der Waals surface area contributed by atoms with Crippen molar-refractivity contribution >= 4 is 46.3 Å². The molecule has 1 N–H and O–H groups in total. The van der Waals surface area contributed by atoms with E-state index < -0.39 is 36.9 Å². The van der Waals surface area contributed by atoms with Crippen molar-refractivity contribution in [2.75, 3.05) is 16.8 Å². The summed E-state index contributed by atoms with van der Waals surface area (Å²) in [5, 5.41) is 2.00. The molecule has 29 heavy (non-hydrogen) atoms. The topological polar surface area (TPSA) is 69.9 Å². The van der Waals surface area contributed by atoms with E-state index in [4.69, 9.17) is 24.3 Å². The highest BCUT2D eigenvalue weighted by molar-refractivity contribution is 7.81. The van der Waals surface area contributed by atoms with E-state index in [1.165, 1.54) is 25.4 Å². The highest BCUT2D eigenvalue weighted by atomic mass is 32.1. The van der Waals surface area contributed by atoms with Crippen LogP contribution in [0.4, 0.5) is 21.6 Å². The van der Waals surface area contributed by atoms with Crippen LogP contribution in [0.1, 0.15) is 35.2 Å². The average Bonchev–Trinajstić information content (AvgIpc) is 3.00. The van der Waals surface area contributed by atoms with E-state index in [0.29, 0.717) is 5.56 Å². The number of amides is 2. The molecule has 1 aliphatic rings. The van der Waals surface area contributed by atoms with Crippen LogP contribution < -0.4 is 15.1 Å². The quantitative estimate of drug-likeness (QED) is 0.615. The number of halogens is 1. The SMILES string of the molecule is [2H]C([2H])C1(C([2H])[2H])C(=O)N(c2cnc([N+]#[C-])c(C)c2)C(=S)N1c1ccc(C(=O)NC)c(F)c1. The van der Waals surface area contributed by atoms with Crippen molar-refractivity contribution in [3.63, 3.8) is 0 Å². The van der Waals surface area contributed by atoms with Crippen LogP contribution in [0.15, 0.2) is 30.5 Å². The van der Waals surface area contributed by atoms with Crippen molar-refractivity contribution in [3.8, 4) is 0 Å². The van der Waals surface area contributed by atoms with E-state index in [2.05, 4.69) is 15.1 Å². The Kier molecular flexibility index (Phi) is 3.87. The monoisotopic (exact) mass is 415 g/mol. The average molecular weight is 415 g/mol. The number of rotatable bonds is 3. The first-order valence-corrected chi connectivity index (χ1v) is 8.66. The number of nitrogens with zero attached hydrogens (tertiary/aromatic N) is 4. The molecule has 2 amide bonds. The Morgan fingerprint density at radius 3 is 2.66 bits per heavy atom. The van der Waals surface area contributed by atoms with Gasteiger partial charge in [0.25, 0.3) is 17.6 Å². The number of anilines is 2. The van der Waals surface area contributed by atoms with Gasteiger partial charge in [0.2, 0.25) is 0 Å². The summed E-state index contributed by atoms with van der Waals surface area (Å²) in [5.41, 5.74) is -2.26. The zero-order valence-corrected chi connectivity index (χ0v) is 16.2. The first-order valence-electron chi connectivity index (χ1n) is 10.6. The van der Waals surface area contributed by atoms with Gasteiger partial charge in [-0.2, -0.15) is 0 Å². The van der Waals surface area contributed by atoms with Crippen LogP contribution in [0.5, 0.6) is 0 Å². The van der Waals surface area contributed by atoms with Crippen LogP contribution in [0.25, 0.3) is 4.85 Å². The fourth-order valence-corrected chi connectivity index (χ4v) is 3.37. The van der Waals surface area contributed by atoms with Crippen LogP contribution in [-0.4, -0.2) is 34.5 Å². The molecule has 0 saturated carbocycles. The van der Waals surface area contributed by atoms with Gasteiger partial charge in [-0.25, -0.2) is 4.39 Å². The van der Waals surface area contributed by atoms with Crippen LogP contribution in [0, 0.1) is 19.3 Å². The summed E-state index contributed by atoms with van der Waals surface area (Å²) < 4.78 is 47.0. The number of benzene rings is 1. The Morgan fingerprint density at radius 1 is 1.38 bits per heavy atom. The summed E-state index contributed by atoms with van der Waals surface area (Å²) >= 11 is 5.45. The van der Waals surface area contributed by atoms with Crippen LogP contribution in [0.3, 0.4) is 0 Å². The molecule has 1 aromatic heterocycles. The zero-order chi connectivity index (χ0) is 24.7. The van der Waals surface area contributed by atoms with Crippen molar-refractivity contribution < 1.29 is 19.5 Å². The lowest BCUT2D eigenvalue weighted by atomic mass is 10.0. The van der Waals surface area contributed by atoms with Crippen molar-refractivity contribution in [1.82, 2.24) is 10.3 Å². The maximum Gasteiger partial charge on any atom is 0.272 e. The molecule has 0 unspecified atom stereocenters. The minimum absolute atomic E-state index is 0.0996. The fraction of sp³-hybridized carbons (Fsp3) is 0.250. The third-order valence-electron chi connectivity index (χ3n) is 4.38. The Bertz CT molecular complexity index is 1200. The highest BCUT2D eigenvalue weighted by Gasteiger charge is 2.50. The van der Waals surface area contributed by atoms with E-state index in [1.807, 2.05) is 0 Å². The van der Waals surface area contributed by atoms with Gasteiger partial charge in [-0.05, 0) is 62.7 Å². The third kappa shape index (κ3) is 3.21. The van der Waals surface area contributed by atoms with E-state index in [1.54, 1.807) is 6.92 Å². The highest BCUT2D eigenvalue weighted by Crippen LogP contribution is 2.37. The summed E-state index contributed by atoms with van der Waals surface area (Å²) in [5.74, 6) is -2.54. The van der Waals surface area contributed by atoms with E-state index in [9.17, 15) is 14.0 Å². The predicted molar refractivity (Wildman–Crippen MR) is 112 cm³/mol. The summed E-state index contributed by atoms with van der Waals surface area (Å²) in [6, 6.07) is 4.77. The van der Waals surface area contributed by atoms with Crippen molar-refractivity contribution in [2.24, 2.45) is 0 Å². The normalized spacial score (nSPS) is 17.7. The number of nitrogens with one attached hydrogen (secondary N) is 1. The molecule has 2 aromatic rings. The fourth-order valence-electron chi connectivity index (χ4n) is 2.93. The van der Waals surface area contributed by atoms with E-state index >= 15 is 0 Å². The van der Waals surface area contributed by atoms with Crippen LogP contribution in [-0.2, 0) is 4.79 Å². The Labute approximate surface area is 178 Å². The van der Waals surface area contributed by atoms with Gasteiger partial charge in [0.1, 0.15) is 17.6 Å². The number of hydrogen-bond acceptors (Lipinski definition) is 4. The molecule has 1 fully saturated rings. The van der Waals surface area contributed by atoms with Gasteiger partial charge in [0.15, 0.2) is 5.11 Å². The second kappa shape index (κ2) is 7.22. The molecule has 3 rings (SSSR count). The first kappa shape index (κ1) is 15.5. The molecule has 1 aliphatic heterocycles. The lowest BCUT2D eigenvalue weighted by Gasteiger charge is -2.29. The molecule has 0 radical (unpaired) electrons. The van der Waals surface area contributed by atoms with Crippen LogP contribution in [0.2, 0.25) is 0 Å². The van der Waals surface area contributed by atoms with Gasteiger partial charge in [-0.15, -0.1) is 4.98 Å². The Balaban J connectivity index is 2.23. The number of thiocarbonyl (C=S) groups is 1. The van der Waals surface area contributed by atoms with Crippen molar-refractivity contribution in [2.45, 2.75) is 26.2 Å². The van der Waals surface area contributed by atoms with Gasteiger partial charge in [-0.1, -0.05) is 6.57 Å². The molecule has 1 aromatic carbocycles. The minimum atomic E-state index is -2.43. The van der Waals surface area contributed by atoms with E-state index in [0.717, 1.165) is 21.9 Å². The van der Waals surface area contributed by atoms with Gasteiger partial charge in [-0.3, -0.25) is 14.5 Å². The maximum atomic E-state index is 14.7. The summed E-state index contributed by atoms with van der Waals surface area (Å²) in [7, 11) is 1.33. The lowest BCUT2D eigenvalue weighted by Crippen LogP contribution is -2.44. The molecule has 148 valence electrons. The van der Waals surface area contributed by atoms with Gasteiger partial charge in [0, 0.05) is 18.2 Å². The molecular weight excluding hydrogens is 393 g/mol. The van der Waals surface area contributed by atoms with Crippen molar-refractivity contribution in [3.05, 3.63) is 58.8 Å². The van der Waals surface area contributed by atoms with Crippen LogP contribution >= 0.6 is 12.2 Å². The minimum Gasteiger partial charge on any atom is -0.360 e. The molecule has 1 saturated heterocycles. The smallest absolute Gasteiger partial charge is 0.272 e. The molecule has 9 heteroatoms. The van der Waals surface area contributed by atoms with Gasteiger partial charge in [0.05, 0.1) is 11.3 Å². The summed E-state index contributed by atoms with van der Waals surface area (Å²) in [4.78, 5) is 34.5. The first-order chi connectivity index (χ1) is 15.5. The third-order valence-corrected chi connectivity index (χ3v) is 4.75. The lowest BCUT2D eigenvalue weighted by molar-refractivity contribution is -0.120. The molecule has 7 nitrogen and oxygen atoms in total. The number of carbonyl (C=O) groups excluding carboxylic acids is 2. The summed E-state index contributed by atoms with van der Waals surface area (Å²) in [6.07, 6.45) is 1.21. The standard InChI is InChI=1S/C20H18FN5O2S/c1-11-8-13(10-24-16(11)22-4)25-18(28)20(2,3)26(19(25)29)12-6-7-14(15(21)9-12)17(27)23-5/h6-10H,1-3,5H3,(H,23,27)/i2D2,3D2. The van der Waals surface area contributed by atoms with Gasteiger partial charge < -0.3 is 15.1 Å². The summed E-state index contributed by atoms with van der Waals surface area (Å²) in [6.45, 7) is 4.60. The number of pyridine rings is 1. The second-order valence-electron chi connectivity index (χ2n) is 6.27. The van der Waals surface area contributed by atoms with Crippen molar-refractivity contribution in [1.29, 1.82) is 0 Å². The molecule has 2 heterocycles. The molecular formula is C20H18FN5O2S. The number of hydrogen-bond donors (Lipinski definition) is 1. The number of aryl methyl sites for hydroxylation is 1. The number of aromatic nitrogens is 1. The van der Waals surface area contributed by atoms with E-state index in [-0.39, 0.29) is 27.9 Å². The zero-order valence-electron chi connectivity index (χ0n) is 19.4. The molecule has 0 atom stereocenters. The van der Waals surface area contributed by atoms with Gasteiger partial charge >= 0.3 is 0 Å². The Hall–Kier alpha value is -3.38. The second-order valence-corrected chi connectivity index (χ2v) is 6.64. The maximum absolute atomic E-state index is 14.7. The molecule has 0 aliphatic carbocycles. The molecule has 0 bridgehead atoms. The Morgan fingerprint density at radius 2 is 2.10 bits per heavy atom. The number of carbonyl (C=O) groups is 2. The predicted octanol–water partition coefficient (Wildman–Crippen LogP) is 3.36. The molecule has 0 spiro atoms. The largest absolute Gasteiger partial charge is 0.360 e.